The summed E-state index contributed by atoms with van der Waals surface area (Å²) in [5.41, 5.74) is 16.2. The SMILES string of the molecule is COC(=O)c1cc(C2CC2)cnc1Cc1cc(C2CC2)c2c(ccn2C)c1.Cn1ccc2cc(N)cc(C3CC3)c21. The monoisotopic (exact) mass is 546 g/mol. The summed E-state index contributed by atoms with van der Waals surface area (Å²) < 4.78 is 9.45. The highest BCUT2D eigenvalue weighted by Gasteiger charge is 2.29. The molecule has 6 nitrogen and oxygen atoms in total. The van der Waals surface area contributed by atoms with Gasteiger partial charge in [0.05, 0.1) is 29.4 Å². The van der Waals surface area contributed by atoms with Crippen molar-refractivity contribution in [3.8, 4) is 0 Å². The van der Waals surface area contributed by atoms with Gasteiger partial charge in [-0.1, -0.05) is 6.07 Å². The second-order valence-corrected chi connectivity index (χ2v) is 12.3. The molecule has 0 radical (unpaired) electrons. The zero-order valence-corrected chi connectivity index (χ0v) is 24.2. The molecule has 2 aromatic carbocycles. The Hall–Kier alpha value is -4.06. The largest absolute Gasteiger partial charge is 0.465 e. The van der Waals surface area contributed by atoms with Gasteiger partial charge in [-0.15, -0.1) is 0 Å². The van der Waals surface area contributed by atoms with Crippen molar-refractivity contribution in [2.24, 2.45) is 14.1 Å². The highest BCUT2D eigenvalue weighted by molar-refractivity contribution is 5.91. The molecule has 0 amide bonds. The van der Waals surface area contributed by atoms with E-state index >= 15 is 0 Å². The number of carbonyl (C=O) groups excluding carboxylic acids is 1. The van der Waals surface area contributed by atoms with Crippen molar-refractivity contribution in [2.75, 3.05) is 12.8 Å². The summed E-state index contributed by atoms with van der Waals surface area (Å²) in [6.45, 7) is 0. The highest BCUT2D eigenvalue weighted by atomic mass is 16.5. The van der Waals surface area contributed by atoms with Crippen LogP contribution in [0.3, 0.4) is 0 Å². The van der Waals surface area contributed by atoms with Crippen LogP contribution in [0.15, 0.2) is 61.1 Å². The smallest absolute Gasteiger partial charge is 0.339 e. The minimum atomic E-state index is -0.289. The number of hydrogen-bond donors (Lipinski definition) is 1. The van der Waals surface area contributed by atoms with Crippen LogP contribution in [0.4, 0.5) is 5.69 Å². The number of aromatic nitrogens is 3. The third-order valence-electron chi connectivity index (χ3n) is 8.93. The van der Waals surface area contributed by atoms with E-state index in [9.17, 15) is 4.79 Å². The van der Waals surface area contributed by atoms with E-state index in [0.29, 0.717) is 23.8 Å². The first-order chi connectivity index (χ1) is 19.9. The Morgan fingerprint density at radius 2 is 1.44 bits per heavy atom. The van der Waals surface area contributed by atoms with E-state index in [1.54, 1.807) is 0 Å². The Balaban J connectivity index is 0.000000165. The van der Waals surface area contributed by atoms with Gasteiger partial charge in [0, 0.05) is 55.6 Å². The predicted octanol–water partition coefficient (Wildman–Crippen LogP) is 7.34. The molecule has 3 fully saturated rings. The van der Waals surface area contributed by atoms with Crippen molar-refractivity contribution >= 4 is 33.5 Å². The number of aryl methyl sites for hydroxylation is 2. The third-order valence-corrected chi connectivity index (χ3v) is 8.93. The number of hydrogen-bond acceptors (Lipinski definition) is 4. The van der Waals surface area contributed by atoms with Gasteiger partial charge in [-0.25, -0.2) is 4.79 Å². The van der Waals surface area contributed by atoms with Gasteiger partial charge < -0.3 is 19.6 Å². The van der Waals surface area contributed by atoms with Gasteiger partial charge in [0.25, 0.3) is 0 Å². The molecule has 41 heavy (non-hydrogen) atoms. The van der Waals surface area contributed by atoms with Crippen LogP contribution in [0.25, 0.3) is 21.8 Å². The van der Waals surface area contributed by atoms with Crippen LogP contribution in [0.1, 0.15) is 94.6 Å². The van der Waals surface area contributed by atoms with Gasteiger partial charge in [0.1, 0.15) is 0 Å². The fourth-order valence-electron chi connectivity index (χ4n) is 6.33. The molecule has 0 saturated heterocycles. The molecule has 0 aliphatic heterocycles. The summed E-state index contributed by atoms with van der Waals surface area (Å²) in [5, 5.41) is 2.54. The van der Waals surface area contributed by atoms with E-state index in [2.05, 4.69) is 77.0 Å². The lowest BCUT2D eigenvalue weighted by atomic mass is 9.97. The summed E-state index contributed by atoms with van der Waals surface area (Å²) >= 11 is 0. The molecule has 3 heterocycles. The van der Waals surface area contributed by atoms with Crippen LogP contribution in [-0.2, 0) is 25.3 Å². The van der Waals surface area contributed by atoms with Crippen molar-refractivity contribution < 1.29 is 9.53 Å². The molecule has 0 bridgehead atoms. The van der Waals surface area contributed by atoms with E-state index < -0.39 is 0 Å². The molecule has 6 heteroatoms. The summed E-state index contributed by atoms with van der Waals surface area (Å²) in [6, 6.07) is 15.1. The van der Waals surface area contributed by atoms with E-state index in [1.165, 1.54) is 84.1 Å². The number of pyridine rings is 1. The molecule has 0 unspecified atom stereocenters. The average molecular weight is 547 g/mol. The first-order valence-electron chi connectivity index (χ1n) is 14.9. The topological polar surface area (TPSA) is 75.1 Å². The fraction of sp³-hybridized carbons (Fsp3) is 0.371. The van der Waals surface area contributed by atoms with Gasteiger partial charge in [-0.05, 0) is 115 Å². The number of ether oxygens (including phenoxy) is 1. The Bertz CT molecular complexity index is 1780. The number of fused-ring (bicyclic) bond motifs is 2. The zero-order chi connectivity index (χ0) is 28.2. The summed E-state index contributed by atoms with van der Waals surface area (Å²) in [7, 11) is 5.66. The minimum absolute atomic E-state index is 0.289. The van der Waals surface area contributed by atoms with Crippen molar-refractivity contribution in [3.63, 3.8) is 0 Å². The molecular formula is C35H38N4O2. The number of esters is 1. The van der Waals surface area contributed by atoms with Crippen LogP contribution in [0.5, 0.6) is 0 Å². The standard InChI is InChI=1S/C23H24N2O2.C12H14N2/c1-25-8-7-17-9-14(10-19(22(17)25)16-5-6-16)11-21-20(23(26)27-2)12-18(13-24-21)15-3-4-15;1-14-5-4-9-6-10(13)7-11(12(9)14)8-2-3-8/h7-10,12-13,15-16H,3-6,11H2,1-2H3;4-8H,2-3,13H2,1H3. The maximum Gasteiger partial charge on any atom is 0.339 e. The molecule has 3 aliphatic rings. The maximum atomic E-state index is 12.4. The molecular weight excluding hydrogens is 508 g/mol. The molecule has 3 aliphatic carbocycles. The lowest BCUT2D eigenvalue weighted by Crippen LogP contribution is -2.09. The molecule has 8 rings (SSSR count). The minimum Gasteiger partial charge on any atom is -0.465 e. The Labute approximate surface area is 241 Å². The number of nitrogen functional groups attached to an aromatic ring is 1. The summed E-state index contributed by atoms with van der Waals surface area (Å²) in [6.07, 6.45) is 14.4. The van der Waals surface area contributed by atoms with Crippen LogP contribution < -0.4 is 5.73 Å². The lowest BCUT2D eigenvalue weighted by Gasteiger charge is -2.12. The average Bonchev–Trinajstić information content (AvgIpc) is 3.85. The Kier molecular flexibility index (Phi) is 6.37. The number of benzene rings is 2. The van der Waals surface area contributed by atoms with Gasteiger partial charge in [0.15, 0.2) is 0 Å². The predicted molar refractivity (Wildman–Crippen MR) is 165 cm³/mol. The lowest BCUT2D eigenvalue weighted by molar-refractivity contribution is 0.0599. The maximum absolute atomic E-state index is 12.4. The Morgan fingerprint density at radius 1 is 0.854 bits per heavy atom. The zero-order valence-electron chi connectivity index (χ0n) is 24.2. The number of carbonyl (C=O) groups is 1. The van der Waals surface area contributed by atoms with Crippen LogP contribution in [0.2, 0.25) is 0 Å². The summed E-state index contributed by atoms with van der Waals surface area (Å²) in [4.78, 5) is 17.0. The van der Waals surface area contributed by atoms with Crippen molar-refractivity contribution in [3.05, 3.63) is 94.6 Å². The highest BCUT2D eigenvalue weighted by Crippen LogP contribution is 2.45. The van der Waals surface area contributed by atoms with Crippen molar-refractivity contribution in [1.82, 2.24) is 14.1 Å². The van der Waals surface area contributed by atoms with Crippen LogP contribution in [0, 0.1) is 0 Å². The van der Waals surface area contributed by atoms with E-state index in [0.717, 1.165) is 22.9 Å². The molecule has 210 valence electrons. The molecule has 3 saturated carbocycles. The van der Waals surface area contributed by atoms with Gasteiger partial charge in [-0.3, -0.25) is 4.98 Å². The second-order valence-electron chi connectivity index (χ2n) is 12.3. The number of nitrogens with two attached hydrogens (primary N) is 1. The van der Waals surface area contributed by atoms with E-state index in [1.807, 2.05) is 12.3 Å². The number of nitrogens with zero attached hydrogens (tertiary/aromatic N) is 3. The van der Waals surface area contributed by atoms with Crippen molar-refractivity contribution in [2.45, 2.75) is 62.7 Å². The van der Waals surface area contributed by atoms with Gasteiger partial charge >= 0.3 is 5.97 Å². The number of rotatable bonds is 6. The molecule has 5 aromatic rings. The first kappa shape index (κ1) is 25.9. The van der Waals surface area contributed by atoms with Gasteiger partial charge in [-0.2, -0.15) is 0 Å². The quantitative estimate of drug-likeness (QED) is 0.179. The second kappa shape index (κ2) is 10.1. The third kappa shape index (κ3) is 5.12. The number of anilines is 1. The molecule has 0 atom stereocenters. The normalized spacial score (nSPS) is 16.6. The van der Waals surface area contributed by atoms with Crippen LogP contribution >= 0.6 is 0 Å². The van der Waals surface area contributed by atoms with Crippen molar-refractivity contribution in [1.29, 1.82) is 0 Å². The first-order valence-corrected chi connectivity index (χ1v) is 14.9. The summed E-state index contributed by atoms with van der Waals surface area (Å²) in [5.74, 6) is 1.71. The molecule has 2 N–H and O–H groups in total. The number of methoxy groups -OCH3 is 1. The fourth-order valence-corrected chi connectivity index (χ4v) is 6.33. The molecule has 3 aromatic heterocycles. The van der Waals surface area contributed by atoms with E-state index in [4.69, 9.17) is 10.5 Å². The Morgan fingerprint density at radius 3 is 2.02 bits per heavy atom. The van der Waals surface area contributed by atoms with Gasteiger partial charge in [0.2, 0.25) is 0 Å². The van der Waals surface area contributed by atoms with E-state index in [-0.39, 0.29) is 5.97 Å². The van der Waals surface area contributed by atoms with Crippen LogP contribution in [-0.4, -0.2) is 27.2 Å². The molecule has 0 spiro atoms.